The van der Waals surface area contributed by atoms with Gasteiger partial charge >= 0.3 is 0 Å². The van der Waals surface area contributed by atoms with Crippen LogP contribution < -0.4 is 10.6 Å². The monoisotopic (exact) mass is 364 g/mol. The molecule has 21 heavy (non-hydrogen) atoms. The zero-order valence-corrected chi connectivity index (χ0v) is 13.1. The zero-order valence-electron chi connectivity index (χ0n) is 10.7. The molecular weight excluding hydrogens is 356 g/mol. The second kappa shape index (κ2) is 5.50. The molecule has 0 atom stereocenters. The smallest absolute Gasteiger partial charge is 0.255 e. The summed E-state index contributed by atoms with van der Waals surface area (Å²) in [5.41, 5.74) is 2.69. The van der Waals surface area contributed by atoms with Crippen molar-refractivity contribution in [3.63, 3.8) is 0 Å². The molecule has 6 heteroatoms. The number of carbonyl (C=O) groups excluding carboxylic acids is 2. The summed E-state index contributed by atoms with van der Waals surface area (Å²) >= 11 is 9.33. The summed E-state index contributed by atoms with van der Waals surface area (Å²) in [5, 5.41) is 6.05. The Morgan fingerprint density at radius 1 is 1.29 bits per heavy atom. The van der Waals surface area contributed by atoms with Gasteiger partial charge in [0.05, 0.1) is 21.6 Å². The highest BCUT2D eigenvalue weighted by Gasteiger charge is 2.19. The maximum Gasteiger partial charge on any atom is 0.255 e. The molecule has 2 N–H and O–H groups in total. The van der Waals surface area contributed by atoms with Crippen molar-refractivity contribution >= 4 is 50.7 Å². The standard InChI is InChI=1S/C15H10BrClN2O2/c16-14-10(17)2-1-3-12(14)19-15(21)8-4-5-11-9(6-8)7-13(20)18-11/h1-6H,7H2,(H,18,20)(H,19,21). The Labute approximate surface area is 134 Å². The van der Waals surface area contributed by atoms with Gasteiger partial charge in [0.1, 0.15) is 0 Å². The molecule has 3 rings (SSSR count). The number of halogens is 2. The number of carbonyl (C=O) groups is 2. The Balaban J connectivity index is 1.85. The zero-order chi connectivity index (χ0) is 15.0. The van der Waals surface area contributed by atoms with Crippen LogP contribution in [-0.2, 0) is 11.2 Å². The SMILES string of the molecule is O=C1Cc2cc(C(=O)Nc3cccc(Cl)c3Br)ccc2N1. The highest BCUT2D eigenvalue weighted by molar-refractivity contribution is 9.10. The molecule has 0 saturated carbocycles. The van der Waals surface area contributed by atoms with E-state index in [1.54, 1.807) is 36.4 Å². The lowest BCUT2D eigenvalue weighted by Crippen LogP contribution is -2.12. The fourth-order valence-corrected chi connectivity index (χ4v) is 2.70. The molecule has 0 spiro atoms. The first-order valence-electron chi connectivity index (χ1n) is 6.23. The molecule has 2 aromatic carbocycles. The lowest BCUT2D eigenvalue weighted by molar-refractivity contribution is -0.115. The second-order valence-corrected chi connectivity index (χ2v) is 5.85. The van der Waals surface area contributed by atoms with Gasteiger partial charge in [-0.25, -0.2) is 0 Å². The van der Waals surface area contributed by atoms with E-state index in [1.807, 2.05) is 0 Å². The number of amides is 2. The van der Waals surface area contributed by atoms with Crippen LogP contribution in [0.3, 0.4) is 0 Å². The van der Waals surface area contributed by atoms with Gasteiger partial charge < -0.3 is 10.6 Å². The third kappa shape index (κ3) is 2.80. The molecule has 0 aliphatic carbocycles. The molecule has 106 valence electrons. The van der Waals surface area contributed by atoms with Crippen LogP contribution in [0.1, 0.15) is 15.9 Å². The largest absolute Gasteiger partial charge is 0.326 e. The Kier molecular flexibility index (Phi) is 3.69. The van der Waals surface area contributed by atoms with Crippen molar-refractivity contribution in [1.82, 2.24) is 0 Å². The van der Waals surface area contributed by atoms with Crippen LogP contribution in [0, 0.1) is 0 Å². The normalized spacial score (nSPS) is 12.8. The van der Waals surface area contributed by atoms with Crippen molar-refractivity contribution in [3.05, 3.63) is 57.0 Å². The number of rotatable bonds is 2. The summed E-state index contributed by atoms with van der Waals surface area (Å²) in [6.07, 6.45) is 0.303. The highest BCUT2D eigenvalue weighted by atomic mass is 79.9. The van der Waals surface area contributed by atoms with Crippen LogP contribution in [-0.4, -0.2) is 11.8 Å². The summed E-state index contributed by atoms with van der Waals surface area (Å²) < 4.78 is 0.637. The van der Waals surface area contributed by atoms with E-state index < -0.39 is 0 Å². The molecule has 0 saturated heterocycles. The van der Waals surface area contributed by atoms with E-state index in [0.717, 1.165) is 11.3 Å². The van der Waals surface area contributed by atoms with Crippen LogP contribution in [0.15, 0.2) is 40.9 Å². The third-order valence-electron chi connectivity index (χ3n) is 3.19. The molecule has 0 aromatic heterocycles. The summed E-state index contributed by atoms with van der Waals surface area (Å²) in [6, 6.07) is 10.4. The van der Waals surface area contributed by atoms with Gasteiger partial charge in [0.25, 0.3) is 5.91 Å². The number of hydrogen-bond acceptors (Lipinski definition) is 2. The number of fused-ring (bicyclic) bond motifs is 1. The van der Waals surface area contributed by atoms with Gasteiger partial charge in [-0.1, -0.05) is 17.7 Å². The maximum absolute atomic E-state index is 12.3. The molecule has 1 heterocycles. The Morgan fingerprint density at radius 3 is 2.90 bits per heavy atom. The Hall–Kier alpha value is -1.85. The van der Waals surface area contributed by atoms with Crippen LogP contribution in [0.25, 0.3) is 0 Å². The summed E-state index contributed by atoms with van der Waals surface area (Å²) in [5.74, 6) is -0.305. The average Bonchev–Trinajstić information content (AvgIpc) is 2.82. The van der Waals surface area contributed by atoms with E-state index in [0.29, 0.717) is 27.2 Å². The summed E-state index contributed by atoms with van der Waals surface area (Å²) in [7, 11) is 0. The number of anilines is 2. The molecule has 1 aliphatic rings. The first-order chi connectivity index (χ1) is 10.0. The molecule has 0 fully saturated rings. The predicted molar refractivity (Wildman–Crippen MR) is 85.9 cm³/mol. The van der Waals surface area contributed by atoms with Crippen molar-refractivity contribution in [1.29, 1.82) is 0 Å². The third-order valence-corrected chi connectivity index (χ3v) is 4.59. The first kappa shape index (κ1) is 14.1. The second-order valence-electron chi connectivity index (χ2n) is 4.65. The van der Waals surface area contributed by atoms with E-state index in [1.165, 1.54) is 0 Å². The summed E-state index contributed by atoms with van der Waals surface area (Å²) in [4.78, 5) is 23.6. The van der Waals surface area contributed by atoms with Gasteiger partial charge in [-0.15, -0.1) is 0 Å². The molecule has 0 radical (unpaired) electrons. The van der Waals surface area contributed by atoms with Gasteiger partial charge in [0.2, 0.25) is 5.91 Å². The van der Waals surface area contributed by atoms with Gasteiger partial charge in [0, 0.05) is 11.3 Å². The van der Waals surface area contributed by atoms with Gasteiger partial charge in [-0.2, -0.15) is 0 Å². The first-order valence-corrected chi connectivity index (χ1v) is 7.40. The van der Waals surface area contributed by atoms with E-state index in [2.05, 4.69) is 26.6 Å². The minimum atomic E-state index is -0.250. The van der Waals surface area contributed by atoms with Gasteiger partial charge in [0.15, 0.2) is 0 Å². The van der Waals surface area contributed by atoms with E-state index >= 15 is 0 Å². The summed E-state index contributed by atoms with van der Waals surface area (Å²) in [6.45, 7) is 0. The molecule has 2 amide bonds. The molecule has 1 aliphatic heterocycles. The Bertz CT molecular complexity index is 761. The average molecular weight is 366 g/mol. The van der Waals surface area contributed by atoms with E-state index in [9.17, 15) is 9.59 Å². The number of nitrogens with one attached hydrogen (secondary N) is 2. The quantitative estimate of drug-likeness (QED) is 0.849. The predicted octanol–water partition coefficient (Wildman–Crippen LogP) is 3.85. The van der Waals surface area contributed by atoms with Gasteiger partial charge in [-0.05, 0) is 51.8 Å². The van der Waals surface area contributed by atoms with Crippen molar-refractivity contribution in [3.8, 4) is 0 Å². The van der Waals surface area contributed by atoms with Crippen molar-refractivity contribution < 1.29 is 9.59 Å². The van der Waals surface area contributed by atoms with Crippen LogP contribution >= 0.6 is 27.5 Å². The maximum atomic E-state index is 12.3. The molecular formula is C15H10BrClN2O2. The van der Waals surface area contributed by atoms with Crippen LogP contribution in [0.4, 0.5) is 11.4 Å². The van der Waals surface area contributed by atoms with Crippen molar-refractivity contribution in [2.75, 3.05) is 10.6 Å². The number of benzene rings is 2. The fraction of sp³-hybridized carbons (Fsp3) is 0.0667. The van der Waals surface area contributed by atoms with Crippen molar-refractivity contribution in [2.45, 2.75) is 6.42 Å². The minimum Gasteiger partial charge on any atom is -0.326 e. The number of hydrogen-bond donors (Lipinski definition) is 2. The van der Waals surface area contributed by atoms with E-state index in [4.69, 9.17) is 11.6 Å². The van der Waals surface area contributed by atoms with E-state index in [-0.39, 0.29) is 11.8 Å². The van der Waals surface area contributed by atoms with Gasteiger partial charge in [-0.3, -0.25) is 9.59 Å². The van der Waals surface area contributed by atoms with Crippen LogP contribution in [0.2, 0.25) is 5.02 Å². The lowest BCUT2D eigenvalue weighted by atomic mass is 10.1. The topological polar surface area (TPSA) is 58.2 Å². The van der Waals surface area contributed by atoms with Crippen molar-refractivity contribution in [2.24, 2.45) is 0 Å². The lowest BCUT2D eigenvalue weighted by Gasteiger charge is -2.09. The minimum absolute atomic E-state index is 0.0554. The molecule has 4 nitrogen and oxygen atoms in total. The Morgan fingerprint density at radius 2 is 2.10 bits per heavy atom. The molecule has 0 unspecified atom stereocenters. The van der Waals surface area contributed by atoms with Crippen LogP contribution in [0.5, 0.6) is 0 Å². The molecule has 2 aromatic rings. The molecule has 0 bridgehead atoms. The fourth-order valence-electron chi connectivity index (χ4n) is 2.17. The highest BCUT2D eigenvalue weighted by Crippen LogP contribution is 2.30.